The van der Waals surface area contributed by atoms with E-state index in [1.165, 1.54) is 5.56 Å². The van der Waals surface area contributed by atoms with Gasteiger partial charge in [-0.25, -0.2) is 0 Å². The lowest BCUT2D eigenvalue weighted by Gasteiger charge is -1.99. The van der Waals surface area contributed by atoms with Gasteiger partial charge in [0.05, 0.1) is 0 Å². The van der Waals surface area contributed by atoms with Crippen LogP contribution in [-0.4, -0.2) is 16.1 Å². The lowest BCUT2D eigenvalue weighted by atomic mass is 10.0. The summed E-state index contributed by atoms with van der Waals surface area (Å²) in [4.78, 5) is 10.8. The molecule has 0 saturated carbocycles. The molecule has 0 N–H and O–H groups in total. The van der Waals surface area contributed by atoms with Crippen molar-refractivity contribution in [2.45, 2.75) is 6.92 Å². The van der Waals surface area contributed by atoms with Crippen molar-refractivity contribution < 1.29 is 4.79 Å². The van der Waals surface area contributed by atoms with Gasteiger partial charge >= 0.3 is 0 Å². The fourth-order valence-electron chi connectivity index (χ4n) is 1.63. The van der Waals surface area contributed by atoms with Crippen LogP contribution in [0.3, 0.4) is 0 Å². The number of aromatic nitrogens is 2. The van der Waals surface area contributed by atoms with Crippen LogP contribution in [0.4, 0.5) is 0 Å². The van der Waals surface area contributed by atoms with E-state index in [-0.39, 0.29) is 0 Å². The van der Waals surface area contributed by atoms with E-state index in [2.05, 4.69) is 5.10 Å². The van der Waals surface area contributed by atoms with Gasteiger partial charge in [0, 0.05) is 18.8 Å². The highest BCUT2D eigenvalue weighted by atomic mass is 16.1. The third-order valence-electron chi connectivity index (χ3n) is 2.30. The molecule has 0 spiro atoms. The number of hydrogen-bond acceptors (Lipinski definition) is 2. The second-order valence-corrected chi connectivity index (χ2v) is 3.59. The monoisotopic (exact) mass is 200 g/mol. The van der Waals surface area contributed by atoms with Gasteiger partial charge in [-0.05, 0) is 12.5 Å². The molecule has 0 saturated heterocycles. The number of aryl methyl sites for hydroxylation is 2. The van der Waals surface area contributed by atoms with E-state index in [1.807, 2.05) is 44.4 Å². The molecule has 0 atom stereocenters. The zero-order valence-corrected chi connectivity index (χ0v) is 8.77. The van der Waals surface area contributed by atoms with E-state index in [0.717, 1.165) is 17.4 Å². The average Bonchev–Trinajstić information content (AvgIpc) is 2.59. The molecular weight excluding hydrogens is 188 g/mol. The first kappa shape index (κ1) is 9.65. The summed E-state index contributed by atoms with van der Waals surface area (Å²) >= 11 is 0. The van der Waals surface area contributed by atoms with Crippen LogP contribution in [0.25, 0.3) is 11.1 Å². The van der Waals surface area contributed by atoms with Gasteiger partial charge in [-0.1, -0.05) is 29.8 Å². The average molecular weight is 200 g/mol. The summed E-state index contributed by atoms with van der Waals surface area (Å²) in [6.45, 7) is 2.03. The van der Waals surface area contributed by atoms with Gasteiger partial charge in [-0.3, -0.25) is 9.48 Å². The fourth-order valence-corrected chi connectivity index (χ4v) is 1.63. The minimum atomic E-state index is 0.489. The minimum Gasteiger partial charge on any atom is -0.296 e. The molecule has 2 aromatic rings. The quantitative estimate of drug-likeness (QED) is 0.696. The summed E-state index contributed by atoms with van der Waals surface area (Å²) in [6, 6.07) is 8.04. The van der Waals surface area contributed by atoms with Crippen molar-refractivity contribution >= 4 is 6.29 Å². The fraction of sp³-hybridized carbons (Fsp3) is 0.167. The molecule has 0 radical (unpaired) electrons. The van der Waals surface area contributed by atoms with Crippen LogP contribution in [0.1, 0.15) is 16.1 Å². The zero-order valence-electron chi connectivity index (χ0n) is 8.77. The number of carbonyl (C=O) groups is 1. The molecule has 1 heterocycles. The maximum absolute atomic E-state index is 10.8. The third kappa shape index (κ3) is 1.81. The van der Waals surface area contributed by atoms with Crippen molar-refractivity contribution in [1.82, 2.24) is 9.78 Å². The van der Waals surface area contributed by atoms with Gasteiger partial charge in [-0.15, -0.1) is 0 Å². The maximum atomic E-state index is 10.8. The Morgan fingerprint density at radius 3 is 2.87 bits per heavy atom. The smallest absolute Gasteiger partial charge is 0.170 e. The lowest BCUT2D eigenvalue weighted by Crippen LogP contribution is -1.89. The Balaban J connectivity index is 2.57. The van der Waals surface area contributed by atoms with Gasteiger partial charge in [0.2, 0.25) is 0 Å². The van der Waals surface area contributed by atoms with Crippen molar-refractivity contribution in [3.05, 3.63) is 41.7 Å². The first-order chi connectivity index (χ1) is 7.20. The molecule has 1 aromatic carbocycles. The van der Waals surface area contributed by atoms with Crippen molar-refractivity contribution in [3.8, 4) is 11.1 Å². The van der Waals surface area contributed by atoms with E-state index in [4.69, 9.17) is 0 Å². The Morgan fingerprint density at radius 2 is 2.20 bits per heavy atom. The molecule has 0 aliphatic carbocycles. The van der Waals surface area contributed by atoms with Gasteiger partial charge in [-0.2, -0.15) is 5.10 Å². The molecule has 0 bridgehead atoms. The van der Waals surface area contributed by atoms with Crippen LogP contribution in [0.2, 0.25) is 0 Å². The minimum absolute atomic E-state index is 0.489. The van der Waals surface area contributed by atoms with Crippen LogP contribution >= 0.6 is 0 Å². The molecule has 0 aliphatic heterocycles. The molecule has 2 rings (SSSR count). The van der Waals surface area contributed by atoms with Crippen molar-refractivity contribution in [2.24, 2.45) is 7.05 Å². The second kappa shape index (κ2) is 3.69. The van der Waals surface area contributed by atoms with Crippen LogP contribution < -0.4 is 0 Å². The molecule has 15 heavy (non-hydrogen) atoms. The maximum Gasteiger partial charge on any atom is 0.170 e. The SMILES string of the molecule is Cc1cccc(-c2cn(C)nc2C=O)c1. The second-order valence-electron chi connectivity index (χ2n) is 3.59. The molecule has 3 nitrogen and oxygen atoms in total. The van der Waals surface area contributed by atoms with Crippen molar-refractivity contribution in [1.29, 1.82) is 0 Å². The van der Waals surface area contributed by atoms with E-state index < -0.39 is 0 Å². The number of hydrogen-bond donors (Lipinski definition) is 0. The Morgan fingerprint density at radius 1 is 1.40 bits per heavy atom. The molecular formula is C12H12N2O. The lowest BCUT2D eigenvalue weighted by molar-refractivity contribution is 0.111. The zero-order chi connectivity index (χ0) is 10.8. The highest BCUT2D eigenvalue weighted by Crippen LogP contribution is 2.22. The standard InChI is InChI=1S/C12H12N2O/c1-9-4-3-5-10(6-9)11-7-14(2)13-12(11)8-15/h3-8H,1-2H3. The first-order valence-corrected chi connectivity index (χ1v) is 4.76. The molecule has 0 fully saturated rings. The largest absolute Gasteiger partial charge is 0.296 e. The Labute approximate surface area is 88.4 Å². The van der Waals surface area contributed by atoms with Gasteiger partial charge in [0.1, 0.15) is 5.69 Å². The van der Waals surface area contributed by atoms with Crippen LogP contribution in [0.15, 0.2) is 30.5 Å². The topological polar surface area (TPSA) is 34.9 Å². The molecule has 76 valence electrons. The number of benzene rings is 1. The van der Waals surface area contributed by atoms with E-state index in [9.17, 15) is 4.79 Å². The number of aldehydes is 1. The normalized spacial score (nSPS) is 10.3. The molecule has 0 amide bonds. The van der Waals surface area contributed by atoms with Crippen molar-refractivity contribution in [2.75, 3.05) is 0 Å². The van der Waals surface area contributed by atoms with Crippen LogP contribution in [0.5, 0.6) is 0 Å². The summed E-state index contributed by atoms with van der Waals surface area (Å²) < 4.78 is 1.65. The van der Waals surface area contributed by atoms with E-state index >= 15 is 0 Å². The summed E-state index contributed by atoms with van der Waals surface area (Å²) in [7, 11) is 1.81. The summed E-state index contributed by atoms with van der Waals surface area (Å²) in [5.41, 5.74) is 3.58. The highest BCUT2D eigenvalue weighted by molar-refractivity contribution is 5.85. The molecule has 1 aromatic heterocycles. The van der Waals surface area contributed by atoms with Crippen LogP contribution in [-0.2, 0) is 7.05 Å². The van der Waals surface area contributed by atoms with Crippen molar-refractivity contribution in [3.63, 3.8) is 0 Å². The predicted octanol–water partition coefficient (Wildman–Crippen LogP) is 2.21. The van der Waals surface area contributed by atoms with Crippen LogP contribution in [0, 0.1) is 6.92 Å². The number of carbonyl (C=O) groups excluding carboxylic acids is 1. The predicted molar refractivity (Wildman–Crippen MR) is 58.8 cm³/mol. The van der Waals surface area contributed by atoms with Gasteiger partial charge in [0.15, 0.2) is 6.29 Å². The Kier molecular flexibility index (Phi) is 2.37. The molecule has 0 unspecified atom stereocenters. The summed E-state index contributed by atoms with van der Waals surface area (Å²) in [5.74, 6) is 0. The van der Waals surface area contributed by atoms with E-state index in [0.29, 0.717) is 5.69 Å². The van der Waals surface area contributed by atoms with Gasteiger partial charge < -0.3 is 0 Å². The Hall–Kier alpha value is -1.90. The Bertz CT molecular complexity index is 500. The highest BCUT2D eigenvalue weighted by Gasteiger charge is 2.08. The molecule has 3 heteroatoms. The van der Waals surface area contributed by atoms with E-state index in [1.54, 1.807) is 4.68 Å². The van der Waals surface area contributed by atoms with Gasteiger partial charge in [0.25, 0.3) is 0 Å². The first-order valence-electron chi connectivity index (χ1n) is 4.76. The molecule has 0 aliphatic rings. The third-order valence-corrected chi connectivity index (χ3v) is 2.30. The number of rotatable bonds is 2. The summed E-state index contributed by atoms with van der Waals surface area (Å²) in [6.07, 6.45) is 2.65. The summed E-state index contributed by atoms with van der Waals surface area (Å²) in [5, 5.41) is 4.08. The number of nitrogens with zero attached hydrogens (tertiary/aromatic N) is 2.